The second kappa shape index (κ2) is 5.60. The van der Waals surface area contributed by atoms with E-state index < -0.39 is 0 Å². The molecule has 1 aliphatic carbocycles. The number of carbonyl (C=O) groups excluding carboxylic acids is 1. The number of furan rings is 1. The van der Waals surface area contributed by atoms with E-state index in [0.717, 1.165) is 38.1 Å². The lowest BCUT2D eigenvalue weighted by molar-refractivity contribution is -0.137. The summed E-state index contributed by atoms with van der Waals surface area (Å²) in [6.45, 7) is 4.95. The van der Waals surface area contributed by atoms with Gasteiger partial charge in [0.05, 0.1) is 12.8 Å². The van der Waals surface area contributed by atoms with Crippen LogP contribution in [0, 0.1) is 11.8 Å². The molecule has 0 bridgehead atoms. The number of likely N-dealkylation sites (tertiary alicyclic amines) is 1. The molecular weight excluding hydrogens is 252 g/mol. The van der Waals surface area contributed by atoms with Gasteiger partial charge in [0.25, 0.3) is 0 Å². The van der Waals surface area contributed by atoms with E-state index in [1.54, 1.807) is 6.26 Å². The van der Waals surface area contributed by atoms with Crippen LogP contribution in [0.1, 0.15) is 31.9 Å². The molecule has 110 valence electrons. The van der Waals surface area contributed by atoms with Crippen LogP contribution < -0.4 is 0 Å². The zero-order valence-corrected chi connectivity index (χ0v) is 12.4. The predicted molar refractivity (Wildman–Crippen MR) is 77.0 cm³/mol. The molecule has 1 amide bonds. The molecule has 0 spiro atoms. The third-order valence-electron chi connectivity index (χ3n) is 4.74. The largest absolute Gasteiger partial charge is 0.467 e. The molecule has 1 saturated carbocycles. The normalized spacial score (nSPS) is 27.5. The molecule has 0 N–H and O–H groups in total. The van der Waals surface area contributed by atoms with Crippen LogP contribution in [0.5, 0.6) is 0 Å². The van der Waals surface area contributed by atoms with Crippen molar-refractivity contribution in [1.82, 2.24) is 9.80 Å². The zero-order chi connectivity index (χ0) is 14.1. The van der Waals surface area contributed by atoms with E-state index in [-0.39, 0.29) is 5.92 Å². The Morgan fingerprint density at radius 2 is 2.15 bits per heavy atom. The van der Waals surface area contributed by atoms with Gasteiger partial charge in [-0.3, -0.25) is 4.79 Å². The topological polar surface area (TPSA) is 36.7 Å². The van der Waals surface area contributed by atoms with Crippen molar-refractivity contribution in [3.05, 3.63) is 24.2 Å². The smallest absolute Gasteiger partial charge is 0.226 e. The third-order valence-corrected chi connectivity index (χ3v) is 4.74. The van der Waals surface area contributed by atoms with Crippen LogP contribution in [0.15, 0.2) is 22.8 Å². The maximum Gasteiger partial charge on any atom is 0.226 e. The second-order valence-corrected chi connectivity index (χ2v) is 6.40. The number of hydrogen-bond donors (Lipinski definition) is 0. The van der Waals surface area contributed by atoms with Gasteiger partial charge < -0.3 is 14.2 Å². The molecule has 20 heavy (non-hydrogen) atoms. The van der Waals surface area contributed by atoms with E-state index in [1.165, 1.54) is 0 Å². The molecule has 2 unspecified atom stereocenters. The molecule has 2 atom stereocenters. The molecular formula is C16H24N2O2. The Morgan fingerprint density at radius 3 is 2.70 bits per heavy atom. The molecule has 1 saturated heterocycles. The SMILES string of the molecule is CC1CC1C(=O)N(Cc1ccco1)C1CCN(C)CC1. The molecule has 2 heterocycles. The molecule has 1 aromatic rings. The zero-order valence-electron chi connectivity index (χ0n) is 12.4. The van der Waals surface area contributed by atoms with Crippen molar-refractivity contribution < 1.29 is 9.21 Å². The van der Waals surface area contributed by atoms with Crippen molar-refractivity contribution in [1.29, 1.82) is 0 Å². The Bertz CT molecular complexity index is 449. The van der Waals surface area contributed by atoms with Gasteiger partial charge in [-0.2, -0.15) is 0 Å². The average Bonchev–Trinajstić information content (AvgIpc) is 2.96. The summed E-state index contributed by atoms with van der Waals surface area (Å²) in [5.74, 6) is 2.05. The summed E-state index contributed by atoms with van der Waals surface area (Å²) in [6, 6.07) is 4.23. The summed E-state index contributed by atoms with van der Waals surface area (Å²) < 4.78 is 5.45. The average molecular weight is 276 g/mol. The Kier molecular flexibility index (Phi) is 3.83. The Hall–Kier alpha value is -1.29. The number of piperidine rings is 1. The van der Waals surface area contributed by atoms with E-state index in [1.807, 2.05) is 12.1 Å². The van der Waals surface area contributed by atoms with Crippen LogP contribution in [0.3, 0.4) is 0 Å². The van der Waals surface area contributed by atoms with Gasteiger partial charge in [-0.15, -0.1) is 0 Å². The predicted octanol–water partition coefficient (Wildman–Crippen LogP) is 2.36. The first kappa shape index (κ1) is 13.7. The van der Waals surface area contributed by atoms with E-state index in [9.17, 15) is 4.79 Å². The molecule has 0 radical (unpaired) electrons. The molecule has 2 aliphatic rings. The van der Waals surface area contributed by atoms with Crippen molar-refractivity contribution in [3.63, 3.8) is 0 Å². The van der Waals surface area contributed by atoms with Gasteiger partial charge in [0.1, 0.15) is 5.76 Å². The van der Waals surface area contributed by atoms with Crippen molar-refractivity contribution in [2.45, 2.75) is 38.8 Å². The Labute approximate surface area is 120 Å². The summed E-state index contributed by atoms with van der Waals surface area (Å²) in [5.41, 5.74) is 0. The van der Waals surface area contributed by atoms with E-state index in [2.05, 4.69) is 23.8 Å². The molecule has 4 nitrogen and oxygen atoms in total. The standard InChI is InChI=1S/C16H24N2O2/c1-12-10-15(12)16(19)18(11-14-4-3-9-20-14)13-5-7-17(2)8-6-13/h3-4,9,12-13,15H,5-8,10-11H2,1-2H3. The monoisotopic (exact) mass is 276 g/mol. The summed E-state index contributed by atoms with van der Waals surface area (Å²) >= 11 is 0. The highest BCUT2D eigenvalue weighted by Crippen LogP contribution is 2.40. The van der Waals surface area contributed by atoms with Gasteiger partial charge in [0, 0.05) is 12.0 Å². The third kappa shape index (κ3) is 2.90. The fraction of sp³-hybridized carbons (Fsp3) is 0.688. The molecule has 2 fully saturated rings. The summed E-state index contributed by atoms with van der Waals surface area (Å²) in [4.78, 5) is 17.1. The number of carbonyl (C=O) groups is 1. The van der Waals surface area contributed by atoms with Crippen molar-refractivity contribution in [2.24, 2.45) is 11.8 Å². The van der Waals surface area contributed by atoms with E-state index >= 15 is 0 Å². The van der Waals surface area contributed by atoms with Crippen LogP contribution in [0.25, 0.3) is 0 Å². The van der Waals surface area contributed by atoms with Crippen molar-refractivity contribution in [3.8, 4) is 0 Å². The van der Waals surface area contributed by atoms with Crippen molar-refractivity contribution in [2.75, 3.05) is 20.1 Å². The van der Waals surface area contributed by atoms with Crippen LogP contribution >= 0.6 is 0 Å². The minimum absolute atomic E-state index is 0.254. The lowest BCUT2D eigenvalue weighted by atomic mass is 10.0. The first-order chi connectivity index (χ1) is 9.65. The molecule has 3 rings (SSSR count). The molecule has 1 aliphatic heterocycles. The van der Waals surface area contributed by atoms with Crippen LogP contribution in [-0.4, -0.2) is 41.9 Å². The number of nitrogens with zero attached hydrogens (tertiary/aromatic N) is 2. The van der Waals surface area contributed by atoms with Crippen LogP contribution in [0.2, 0.25) is 0 Å². The van der Waals surface area contributed by atoms with E-state index in [4.69, 9.17) is 4.42 Å². The van der Waals surface area contributed by atoms with Crippen LogP contribution in [0.4, 0.5) is 0 Å². The summed E-state index contributed by atoms with van der Waals surface area (Å²) in [5, 5.41) is 0. The lowest BCUT2D eigenvalue weighted by Gasteiger charge is -2.37. The highest BCUT2D eigenvalue weighted by molar-refractivity contribution is 5.81. The van der Waals surface area contributed by atoms with Crippen molar-refractivity contribution >= 4 is 5.91 Å². The highest BCUT2D eigenvalue weighted by atomic mass is 16.3. The summed E-state index contributed by atoms with van der Waals surface area (Å²) in [6.07, 6.45) is 4.89. The van der Waals surface area contributed by atoms with E-state index in [0.29, 0.717) is 24.4 Å². The Morgan fingerprint density at radius 1 is 1.45 bits per heavy atom. The second-order valence-electron chi connectivity index (χ2n) is 6.40. The maximum absolute atomic E-state index is 12.7. The number of rotatable bonds is 4. The van der Waals surface area contributed by atoms with Gasteiger partial charge in [-0.25, -0.2) is 0 Å². The maximum atomic E-state index is 12.7. The van der Waals surface area contributed by atoms with Gasteiger partial charge in [0.2, 0.25) is 5.91 Å². The first-order valence-corrected chi connectivity index (χ1v) is 7.66. The fourth-order valence-electron chi connectivity index (χ4n) is 3.14. The summed E-state index contributed by atoms with van der Waals surface area (Å²) in [7, 11) is 2.15. The molecule has 0 aromatic carbocycles. The van der Waals surface area contributed by atoms with Gasteiger partial charge in [0.15, 0.2) is 0 Å². The highest BCUT2D eigenvalue weighted by Gasteiger charge is 2.43. The quantitative estimate of drug-likeness (QED) is 0.847. The minimum atomic E-state index is 0.254. The Balaban J connectivity index is 1.70. The lowest BCUT2D eigenvalue weighted by Crippen LogP contribution is -2.46. The fourth-order valence-corrected chi connectivity index (χ4v) is 3.14. The van der Waals surface area contributed by atoms with Gasteiger partial charge >= 0.3 is 0 Å². The van der Waals surface area contributed by atoms with Crippen LogP contribution in [-0.2, 0) is 11.3 Å². The van der Waals surface area contributed by atoms with Gasteiger partial charge in [-0.1, -0.05) is 6.92 Å². The first-order valence-electron chi connectivity index (χ1n) is 7.66. The number of amides is 1. The molecule has 1 aromatic heterocycles. The minimum Gasteiger partial charge on any atom is -0.467 e. The van der Waals surface area contributed by atoms with Gasteiger partial charge in [-0.05, 0) is 57.5 Å². The number of hydrogen-bond acceptors (Lipinski definition) is 3. The molecule has 4 heteroatoms.